The van der Waals surface area contributed by atoms with Gasteiger partial charge in [-0.2, -0.15) is 0 Å². The molecule has 1 heterocycles. The summed E-state index contributed by atoms with van der Waals surface area (Å²) in [4.78, 5) is 30.7. The van der Waals surface area contributed by atoms with Gasteiger partial charge in [-0.15, -0.1) is 0 Å². The maximum absolute atomic E-state index is 13.3. The number of aryl methyl sites for hydroxylation is 2. The number of likely N-dealkylation sites (N-methyl/N-ethyl adjacent to an activating group) is 1. The minimum Gasteiger partial charge on any atom is -0.475 e. The van der Waals surface area contributed by atoms with Gasteiger partial charge in [0, 0.05) is 18.9 Å². The third-order valence-electron chi connectivity index (χ3n) is 6.71. The van der Waals surface area contributed by atoms with Gasteiger partial charge in [-0.1, -0.05) is 6.07 Å². The van der Waals surface area contributed by atoms with Crippen LogP contribution in [0.25, 0.3) is 0 Å². The van der Waals surface area contributed by atoms with Crippen LogP contribution in [0.1, 0.15) is 55.9 Å². The van der Waals surface area contributed by atoms with E-state index in [9.17, 15) is 13.8 Å². The number of anilines is 1. The van der Waals surface area contributed by atoms with Crippen molar-refractivity contribution < 1.29 is 23.3 Å². The molecule has 0 saturated carbocycles. The van der Waals surface area contributed by atoms with Crippen molar-refractivity contribution >= 4 is 33.6 Å². The van der Waals surface area contributed by atoms with Gasteiger partial charge in [-0.25, -0.2) is 28.3 Å². The minimum atomic E-state index is -3.88. The van der Waals surface area contributed by atoms with Crippen molar-refractivity contribution in [2.45, 2.75) is 70.9 Å². The lowest BCUT2D eigenvalue weighted by Crippen LogP contribution is -2.47. The maximum atomic E-state index is 13.3. The zero-order valence-electron chi connectivity index (χ0n) is 21.8. The molecule has 4 rings (SSSR count). The quantitative estimate of drug-likeness (QED) is 0.456. The van der Waals surface area contributed by atoms with Crippen LogP contribution < -0.4 is 15.8 Å². The van der Waals surface area contributed by atoms with Crippen LogP contribution in [-0.2, 0) is 45.1 Å². The number of ether oxygens (including phenoxy) is 2. The maximum Gasteiger partial charge on any atom is 0.410 e. The first-order valence-electron chi connectivity index (χ1n) is 12.5. The number of carbonyl (C=O) groups excluding carboxylic acids is 2. The summed E-state index contributed by atoms with van der Waals surface area (Å²) < 4.78 is 34.9. The first-order valence-corrected chi connectivity index (χ1v) is 14.0. The summed E-state index contributed by atoms with van der Waals surface area (Å²) in [5.74, 6) is -0.0990. The van der Waals surface area contributed by atoms with E-state index in [4.69, 9.17) is 20.0 Å². The highest BCUT2D eigenvalue weighted by atomic mass is 32.2. The highest BCUT2D eigenvalue weighted by Crippen LogP contribution is 2.38. The molecule has 11 nitrogen and oxygen atoms in total. The number of carbonyl (C=O) groups is 2. The first kappa shape index (κ1) is 26.8. The number of hydrogen-bond acceptors (Lipinski definition) is 8. The fourth-order valence-electron chi connectivity index (χ4n) is 4.91. The molecular weight excluding hydrogens is 496 g/mol. The molecular formula is C25H36N6O5S. The van der Waals surface area contributed by atoms with Gasteiger partial charge in [-0.05, 0) is 81.5 Å². The third kappa shape index (κ3) is 5.84. The topological polar surface area (TPSA) is 159 Å². The van der Waals surface area contributed by atoms with Crippen LogP contribution in [0.2, 0.25) is 0 Å². The molecule has 1 unspecified atom stereocenters. The smallest absolute Gasteiger partial charge is 0.410 e. The fraction of sp³-hybridized carbons (Fsp3) is 0.560. The van der Waals surface area contributed by atoms with Gasteiger partial charge >= 0.3 is 12.1 Å². The molecule has 0 aromatic heterocycles. The molecule has 0 saturated heterocycles. The Balaban J connectivity index is 1.44. The predicted molar refractivity (Wildman–Crippen MR) is 142 cm³/mol. The fourth-order valence-corrected chi connectivity index (χ4v) is 5.89. The highest BCUT2D eigenvalue weighted by Gasteiger charge is 2.32. The van der Waals surface area contributed by atoms with E-state index >= 15 is 0 Å². The van der Waals surface area contributed by atoms with Gasteiger partial charge in [0.2, 0.25) is 5.90 Å². The second-order valence-corrected chi connectivity index (χ2v) is 12.3. The van der Waals surface area contributed by atoms with Crippen LogP contribution in [-0.4, -0.2) is 59.0 Å². The monoisotopic (exact) mass is 532 g/mol. The van der Waals surface area contributed by atoms with Crippen molar-refractivity contribution in [1.82, 2.24) is 9.62 Å². The van der Waals surface area contributed by atoms with Crippen LogP contribution in [0, 0.1) is 4.78 Å². The molecule has 0 spiro atoms. The number of benzene rings is 1. The van der Waals surface area contributed by atoms with Crippen molar-refractivity contribution in [3.63, 3.8) is 0 Å². The Hall–Kier alpha value is -3.28. The number of aliphatic imine (C=N–C) groups is 1. The van der Waals surface area contributed by atoms with Crippen LogP contribution >= 0.6 is 0 Å². The molecule has 12 heteroatoms. The second kappa shape index (κ2) is 10.2. The number of hydrogen-bond donors (Lipinski definition) is 4. The van der Waals surface area contributed by atoms with Crippen molar-refractivity contribution in [1.29, 1.82) is 4.78 Å². The number of nitrogens with one attached hydrogen (secondary N) is 3. The molecule has 0 bridgehead atoms. The highest BCUT2D eigenvalue weighted by molar-refractivity contribution is 7.95. The van der Waals surface area contributed by atoms with Crippen LogP contribution in [0.3, 0.4) is 0 Å². The number of urea groups is 1. The standard InChI is InChI=1S/C25H36N6O5S/c1-25(2,3)36-24(33)31(4)17-13-28-22(35-14-17)20(12-26)37(27,34)30-23(32)29-21-18-9-5-7-15(18)11-16-8-6-10-19(16)21/h11-12,17H,5-10,13-14,26H2,1-4H3,(H3,27,29,30,32,34)/t17-,37?/m0/s1. The SMILES string of the molecule is CN(C(=O)OC(C)(C)C)[C@H]1CN=C(C(=CN)S(=N)(=O)NC(=O)Nc2c3c(cc4c2CCC4)CCC3)OC1. The molecule has 1 aliphatic heterocycles. The second-order valence-electron chi connectivity index (χ2n) is 10.6. The zero-order chi connectivity index (χ0) is 27.0. The summed E-state index contributed by atoms with van der Waals surface area (Å²) in [6.07, 6.45) is 6.24. The zero-order valence-corrected chi connectivity index (χ0v) is 22.6. The van der Waals surface area contributed by atoms with Crippen LogP contribution in [0.4, 0.5) is 15.3 Å². The summed E-state index contributed by atoms with van der Waals surface area (Å²) in [5, 5.41) is 2.88. The molecule has 5 N–H and O–H groups in total. The van der Waals surface area contributed by atoms with Crippen molar-refractivity contribution in [2.24, 2.45) is 10.7 Å². The Morgan fingerprint density at radius 2 is 1.84 bits per heavy atom. The molecule has 1 aromatic rings. The average molecular weight is 533 g/mol. The van der Waals surface area contributed by atoms with Crippen LogP contribution in [0.15, 0.2) is 22.2 Å². The van der Waals surface area contributed by atoms with E-state index in [2.05, 4.69) is 21.1 Å². The Morgan fingerprint density at radius 3 is 2.35 bits per heavy atom. The molecule has 37 heavy (non-hydrogen) atoms. The molecule has 202 valence electrons. The van der Waals surface area contributed by atoms with E-state index in [1.165, 1.54) is 16.0 Å². The third-order valence-corrected chi connectivity index (χ3v) is 8.11. The van der Waals surface area contributed by atoms with Crippen LogP contribution in [0.5, 0.6) is 0 Å². The van der Waals surface area contributed by atoms with Gasteiger partial charge in [0.05, 0.1) is 12.6 Å². The summed E-state index contributed by atoms with van der Waals surface area (Å²) in [6.45, 7) is 5.49. The molecule has 2 aliphatic carbocycles. The summed E-state index contributed by atoms with van der Waals surface area (Å²) in [5.41, 5.74) is 10.6. The largest absolute Gasteiger partial charge is 0.475 e. The van der Waals surface area contributed by atoms with E-state index in [0.717, 1.165) is 61.5 Å². The number of fused-ring (bicyclic) bond motifs is 2. The number of nitrogens with two attached hydrogens (primary N) is 1. The van der Waals surface area contributed by atoms with E-state index in [-0.39, 0.29) is 24.0 Å². The Kier molecular flexibility index (Phi) is 7.40. The van der Waals surface area contributed by atoms with Crippen molar-refractivity contribution in [2.75, 3.05) is 25.5 Å². The van der Waals surface area contributed by atoms with Crippen molar-refractivity contribution in [3.8, 4) is 0 Å². The Morgan fingerprint density at radius 1 is 1.22 bits per heavy atom. The molecule has 3 amide bonds. The lowest BCUT2D eigenvalue weighted by molar-refractivity contribution is 0.0166. The van der Waals surface area contributed by atoms with Gasteiger partial charge in [0.25, 0.3) is 0 Å². The van der Waals surface area contributed by atoms with E-state index in [0.29, 0.717) is 0 Å². The molecule has 1 aromatic carbocycles. The summed E-state index contributed by atoms with van der Waals surface area (Å²) in [6, 6.07) is 1.09. The van der Waals surface area contributed by atoms with Gasteiger partial charge < -0.3 is 25.4 Å². The first-order chi connectivity index (χ1) is 17.4. The lowest BCUT2D eigenvalue weighted by Gasteiger charge is -2.32. The van der Waals surface area contributed by atoms with E-state index in [1.807, 2.05) is 0 Å². The molecule has 2 atom stereocenters. The summed E-state index contributed by atoms with van der Waals surface area (Å²) >= 11 is 0. The predicted octanol–water partition coefficient (Wildman–Crippen LogP) is 3.21. The normalized spacial score (nSPS) is 20.6. The van der Waals surface area contributed by atoms with Gasteiger partial charge in [-0.3, -0.25) is 0 Å². The minimum absolute atomic E-state index is 0.0376. The average Bonchev–Trinajstić information content (AvgIpc) is 3.47. The van der Waals surface area contributed by atoms with Crippen molar-refractivity contribution in [3.05, 3.63) is 39.4 Å². The number of rotatable bonds is 5. The molecule has 3 aliphatic rings. The Labute approximate surface area is 218 Å². The number of amides is 3. The van der Waals surface area contributed by atoms with Gasteiger partial charge in [0.1, 0.15) is 17.1 Å². The Bertz CT molecular complexity index is 1230. The van der Waals surface area contributed by atoms with E-state index < -0.39 is 33.7 Å². The summed E-state index contributed by atoms with van der Waals surface area (Å²) in [7, 11) is -2.30. The van der Waals surface area contributed by atoms with Gasteiger partial charge in [0.15, 0.2) is 9.92 Å². The molecule has 0 fully saturated rings. The number of nitrogens with zero attached hydrogens (tertiary/aromatic N) is 2. The lowest BCUT2D eigenvalue weighted by atomic mass is 9.99. The molecule has 0 radical (unpaired) electrons. The van der Waals surface area contributed by atoms with E-state index in [1.54, 1.807) is 27.8 Å².